The Bertz CT molecular complexity index is 797. The lowest BCUT2D eigenvalue weighted by molar-refractivity contribution is -0.110. The Balaban J connectivity index is 1.91. The summed E-state index contributed by atoms with van der Waals surface area (Å²) in [5, 5.41) is 13.5. The highest BCUT2D eigenvalue weighted by atomic mass is 16.5. The first-order valence-corrected chi connectivity index (χ1v) is 7.25. The topological polar surface area (TPSA) is 48.2 Å². The van der Waals surface area contributed by atoms with E-state index >= 15 is 0 Å². The highest BCUT2D eigenvalue weighted by molar-refractivity contribution is 6.11. The number of hydrogen-bond acceptors (Lipinski definition) is 4. The van der Waals surface area contributed by atoms with Crippen molar-refractivity contribution in [2.75, 3.05) is 0 Å². The van der Waals surface area contributed by atoms with E-state index in [0.717, 1.165) is 16.0 Å². The Morgan fingerprint density at radius 3 is 2.50 bits per heavy atom. The van der Waals surface area contributed by atoms with E-state index in [1.165, 1.54) is 5.39 Å². The Hall–Kier alpha value is -2.46. The molecule has 0 unspecified atom stereocenters. The number of hydrogen-bond donors (Lipinski definition) is 1. The molecule has 2 aromatic carbocycles. The zero-order valence-electron chi connectivity index (χ0n) is 13.0. The number of allylic oxidation sites excluding steroid dienone is 1. The van der Waals surface area contributed by atoms with Gasteiger partial charge in [0, 0.05) is 5.56 Å². The Morgan fingerprint density at radius 2 is 1.77 bits per heavy atom. The summed E-state index contributed by atoms with van der Waals surface area (Å²) in [7, 11) is 0. The van der Waals surface area contributed by atoms with Gasteiger partial charge in [0.05, 0.1) is 18.0 Å². The molecule has 112 valence electrons. The second-order valence-corrected chi connectivity index (χ2v) is 6.32. The van der Waals surface area contributed by atoms with Crippen LogP contribution < -0.4 is 0 Å². The maximum Gasteiger partial charge on any atom is 0.159 e. The van der Waals surface area contributed by atoms with Crippen LogP contribution in [0.1, 0.15) is 26.3 Å². The maximum atomic E-state index is 9.97. The maximum absolute atomic E-state index is 9.97. The monoisotopic (exact) mass is 293 g/mol. The number of nitrogens with zero attached hydrogens (tertiary/aromatic N) is 3. The van der Waals surface area contributed by atoms with Crippen molar-refractivity contribution in [3.8, 4) is 0 Å². The normalized spacial score (nSPS) is 16.4. The molecule has 0 spiro atoms. The first-order chi connectivity index (χ1) is 10.4. The molecule has 0 bridgehead atoms. The van der Waals surface area contributed by atoms with Gasteiger partial charge in [-0.1, -0.05) is 36.4 Å². The van der Waals surface area contributed by atoms with E-state index in [4.69, 9.17) is 0 Å². The first-order valence-electron chi connectivity index (χ1n) is 7.25. The second kappa shape index (κ2) is 5.39. The predicted molar refractivity (Wildman–Crippen MR) is 90.4 cm³/mol. The van der Waals surface area contributed by atoms with Gasteiger partial charge >= 0.3 is 0 Å². The molecule has 0 saturated heterocycles. The van der Waals surface area contributed by atoms with Crippen molar-refractivity contribution >= 4 is 22.8 Å². The molecule has 0 amide bonds. The third-order valence-corrected chi connectivity index (χ3v) is 3.50. The number of fused-ring (bicyclic) bond motifs is 1. The fourth-order valence-corrected chi connectivity index (χ4v) is 2.16. The van der Waals surface area contributed by atoms with Crippen molar-refractivity contribution in [1.29, 1.82) is 0 Å². The van der Waals surface area contributed by atoms with Crippen LogP contribution in [0.5, 0.6) is 0 Å². The molecule has 0 atom stereocenters. The summed E-state index contributed by atoms with van der Waals surface area (Å²) >= 11 is 0. The molecule has 0 aromatic heterocycles. The van der Waals surface area contributed by atoms with Crippen molar-refractivity contribution in [2.45, 2.75) is 26.3 Å². The van der Waals surface area contributed by atoms with E-state index < -0.39 is 0 Å². The number of amidine groups is 1. The molecule has 0 radical (unpaired) electrons. The summed E-state index contributed by atoms with van der Waals surface area (Å²) in [6, 6.07) is 14.4. The van der Waals surface area contributed by atoms with Crippen LogP contribution in [0, 0.1) is 0 Å². The molecule has 0 saturated carbocycles. The van der Waals surface area contributed by atoms with Gasteiger partial charge in [0.25, 0.3) is 0 Å². The van der Waals surface area contributed by atoms with Crippen LogP contribution in [0.4, 0.5) is 0 Å². The molecule has 1 N–H and O–H groups in total. The van der Waals surface area contributed by atoms with Crippen LogP contribution in [-0.2, 0) is 0 Å². The Labute approximate surface area is 130 Å². The Morgan fingerprint density at radius 1 is 1.05 bits per heavy atom. The molecule has 1 heterocycles. The van der Waals surface area contributed by atoms with Gasteiger partial charge < -0.3 is 0 Å². The zero-order chi connectivity index (χ0) is 15.7. The first kappa shape index (κ1) is 14.5. The largest absolute Gasteiger partial charge is 0.288 e. The molecule has 4 heteroatoms. The summed E-state index contributed by atoms with van der Waals surface area (Å²) in [5.41, 5.74) is 1.24. The second-order valence-electron chi connectivity index (χ2n) is 6.32. The molecule has 0 fully saturated rings. The lowest BCUT2D eigenvalue weighted by Gasteiger charge is -2.27. The SMILES string of the molecule is CC(C)(C)N(O)/C=C1\C=NC(c2ccc3ccccc3c2)=N1. The summed E-state index contributed by atoms with van der Waals surface area (Å²) in [6.45, 7) is 5.76. The average molecular weight is 293 g/mol. The molecule has 1 aliphatic heterocycles. The molecule has 0 aliphatic carbocycles. The minimum absolute atomic E-state index is 0.373. The summed E-state index contributed by atoms with van der Waals surface area (Å²) in [4.78, 5) is 8.82. The van der Waals surface area contributed by atoms with E-state index in [2.05, 4.69) is 34.3 Å². The van der Waals surface area contributed by atoms with Gasteiger partial charge in [0.2, 0.25) is 0 Å². The van der Waals surface area contributed by atoms with Crippen molar-refractivity contribution in [3.63, 3.8) is 0 Å². The molecule has 22 heavy (non-hydrogen) atoms. The smallest absolute Gasteiger partial charge is 0.159 e. The molecule has 4 nitrogen and oxygen atoms in total. The van der Waals surface area contributed by atoms with Gasteiger partial charge in [0.1, 0.15) is 5.70 Å². The zero-order valence-corrected chi connectivity index (χ0v) is 13.0. The lowest BCUT2D eigenvalue weighted by atomic mass is 10.1. The lowest BCUT2D eigenvalue weighted by Crippen LogP contribution is -2.34. The van der Waals surface area contributed by atoms with E-state index in [1.54, 1.807) is 12.4 Å². The van der Waals surface area contributed by atoms with Crippen LogP contribution >= 0.6 is 0 Å². The molecule has 2 aromatic rings. The van der Waals surface area contributed by atoms with Gasteiger partial charge in [-0.3, -0.25) is 10.3 Å². The van der Waals surface area contributed by atoms with Crippen LogP contribution in [0.3, 0.4) is 0 Å². The molecular formula is C18H19N3O. The average Bonchev–Trinajstić information content (AvgIpc) is 2.94. The van der Waals surface area contributed by atoms with Crippen LogP contribution in [0.2, 0.25) is 0 Å². The van der Waals surface area contributed by atoms with Gasteiger partial charge in [-0.15, -0.1) is 0 Å². The summed E-state index contributed by atoms with van der Waals surface area (Å²) in [6.07, 6.45) is 3.26. The minimum Gasteiger partial charge on any atom is -0.288 e. The van der Waals surface area contributed by atoms with Crippen molar-refractivity contribution in [2.24, 2.45) is 9.98 Å². The fourth-order valence-electron chi connectivity index (χ4n) is 2.16. The highest BCUT2D eigenvalue weighted by Crippen LogP contribution is 2.20. The fraction of sp³-hybridized carbons (Fsp3) is 0.222. The minimum atomic E-state index is -0.373. The summed E-state index contributed by atoms with van der Waals surface area (Å²) in [5.74, 6) is 0.666. The molecule has 1 aliphatic rings. The van der Waals surface area contributed by atoms with Crippen molar-refractivity contribution in [3.05, 3.63) is 59.9 Å². The van der Waals surface area contributed by atoms with Crippen molar-refractivity contribution in [1.82, 2.24) is 5.06 Å². The van der Waals surface area contributed by atoms with Gasteiger partial charge in [-0.05, 0) is 37.6 Å². The highest BCUT2D eigenvalue weighted by Gasteiger charge is 2.18. The van der Waals surface area contributed by atoms with E-state index in [1.807, 2.05) is 39.0 Å². The van der Waals surface area contributed by atoms with E-state index in [9.17, 15) is 5.21 Å². The van der Waals surface area contributed by atoms with Crippen LogP contribution in [0.15, 0.2) is 64.3 Å². The van der Waals surface area contributed by atoms with Gasteiger partial charge in [0.15, 0.2) is 5.84 Å². The Kier molecular flexibility index (Phi) is 3.54. The third-order valence-electron chi connectivity index (χ3n) is 3.50. The number of hydroxylamine groups is 2. The number of benzene rings is 2. The van der Waals surface area contributed by atoms with E-state index in [-0.39, 0.29) is 5.54 Å². The third kappa shape index (κ3) is 2.92. The molecule has 3 rings (SSSR count). The molecular weight excluding hydrogens is 274 g/mol. The van der Waals surface area contributed by atoms with Crippen LogP contribution in [-0.4, -0.2) is 27.9 Å². The number of aliphatic imine (C=N–C) groups is 2. The summed E-state index contributed by atoms with van der Waals surface area (Å²) < 4.78 is 0. The van der Waals surface area contributed by atoms with Crippen LogP contribution in [0.25, 0.3) is 10.8 Å². The standard InChI is InChI=1S/C18H19N3O/c1-18(2,3)21(22)12-16-11-19-17(20-16)15-9-8-13-6-4-5-7-14(13)10-15/h4-12,22H,1-3H3/b16-12+. The number of rotatable bonds is 2. The van der Waals surface area contributed by atoms with Gasteiger partial charge in [-0.25, -0.2) is 9.98 Å². The van der Waals surface area contributed by atoms with Crippen molar-refractivity contribution < 1.29 is 5.21 Å². The quantitative estimate of drug-likeness (QED) is 0.851. The van der Waals surface area contributed by atoms with Gasteiger partial charge in [-0.2, -0.15) is 0 Å². The van der Waals surface area contributed by atoms with E-state index in [0.29, 0.717) is 11.5 Å². The predicted octanol–water partition coefficient (Wildman–Crippen LogP) is 4.00.